The van der Waals surface area contributed by atoms with E-state index in [-0.39, 0.29) is 28.3 Å². The summed E-state index contributed by atoms with van der Waals surface area (Å²) in [7, 11) is 3.05. The molecule has 2 aliphatic rings. The first kappa shape index (κ1) is 27.0. The fraction of sp³-hybridized carbons (Fsp3) is 0.586. The van der Waals surface area contributed by atoms with Gasteiger partial charge in [0.25, 0.3) is 0 Å². The van der Waals surface area contributed by atoms with Crippen molar-refractivity contribution in [1.29, 1.82) is 0 Å². The first-order valence-electron chi connectivity index (χ1n) is 13.1. The van der Waals surface area contributed by atoms with E-state index in [1.165, 1.54) is 13.5 Å². The highest BCUT2D eigenvalue weighted by Gasteiger charge is 2.65. The van der Waals surface area contributed by atoms with Crippen LogP contribution in [0.3, 0.4) is 0 Å². The summed E-state index contributed by atoms with van der Waals surface area (Å²) in [5.41, 5.74) is 16.4. The molecule has 2 fully saturated rings. The summed E-state index contributed by atoms with van der Waals surface area (Å²) in [5, 5.41) is 3.27. The third-order valence-electron chi connectivity index (χ3n) is 9.49. The van der Waals surface area contributed by atoms with Crippen molar-refractivity contribution in [1.82, 2.24) is 14.9 Å². The van der Waals surface area contributed by atoms with Crippen molar-refractivity contribution in [2.45, 2.75) is 72.4 Å². The Balaban J connectivity index is 1.55. The molecule has 4 atom stereocenters. The fourth-order valence-electron chi connectivity index (χ4n) is 6.96. The second-order valence-electron chi connectivity index (χ2n) is 12.1. The van der Waals surface area contributed by atoms with Gasteiger partial charge in [-0.3, -0.25) is 0 Å². The van der Waals surface area contributed by atoms with Crippen molar-refractivity contribution in [3.63, 3.8) is 0 Å². The Morgan fingerprint density at radius 3 is 2.65 bits per heavy atom. The number of hydrogen-bond donors (Lipinski definition) is 3. The highest BCUT2D eigenvalue weighted by atomic mass is 16.5. The van der Waals surface area contributed by atoms with E-state index < -0.39 is 6.04 Å². The highest BCUT2D eigenvalue weighted by molar-refractivity contribution is 5.76. The van der Waals surface area contributed by atoms with Crippen LogP contribution in [-0.4, -0.2) is 41.8 Å². The Morgan fingerprint density at radius 2 is 2.08 bits per heavy atom. The lowest BCUT2D eigenvalue weighted by Crippen LogP contribution is -2.55. The first-order valence-corrected chi connectivity index (χ1v) is 13.1. The summed E-state index contributed by atoms with van der Waals surface area (Å²) in [4.78, 5) is 17.1. The number of hydrogen-bond acceptors (Lipinski definition) is 7. The number of nitrogens with zero attached hydrogens (tertiary/aromatic N) is 2. The summed E-state index contributed by atoms with van der Waals surface area (Å²) in [6.45, 7) is 11.0. The molecule has 4 unspecified atom stereocenters. The zero-order chi connectivity index (χ0) is 27.2. The lowest BCUT2D eigenvalue weighted by molar-refractivity contribution is -0.144. The molecule has 8 heteroatoms. The van der Waals surface area contributed by atoms with Gasteiger partial charge in [0.2, 0.25) is 0 Å². The maximum absolute atomic E-state index is 12.9. The van der Waals surface area contributed by atoms with Gasteiger partial charge in [-0.15, -0.1) is 0 Å². The van der Waals surface area contributed by atoms with Crippen molar-refractivity contribution < 1.29 is 14.3 Å². The zero-order valence-electron chi connectivity index (χ0n) is 23.3. The fourth-order valence-corrected chi connectivity index (χ4v) is 6.96. The van der Waals surface area contributed by atoms with Gasteiger partial charge in [-0.2, -0.15) is 0 Å². The molecule has 8 nitrogen and oxygen atoms in total. The third kappa shape index (κ3) is 4.60. The van der Waals surface area contributed by atoms with Crippen LogP contribution in [-0.2, 0) is 9.53 Å². The number of carbonyl (C=O) groups is 1. The van der Waals surface area contributed by atoms with Gasteiger partial charge >= 0.3 is 5.97 Å². The van der Waals surface area contributed by atoms with E-state index in [1.54, 1.807) is 19.6 Å². The van der Waals surface area contributed by atoms with Gasteiger partial charge < -0.3 is 30.8 Å². The molecule has 37 heavy (non-hydrogen) atoms. The van der Waals surface area contributed by atoms with Crippen LogP contribution in [0.25, 0.3) is 11.4 Å². The summed E-state index contributed by atoms with van der Waals surface area (Å²) in [5.74, 6) is 0.993. The molecule has 0 spiro atoms. The minimum atomic E-state index is -0.544. The zero-order valence-corrected chi connectivity index (χ0v) is 23.3. The smallest absolute Gasteiger partial charge is 0.328 e. The molecule has 2 saturated carbocycles. The van der Waals surface area contributed by atoms with Gasteiger partial charge in [0.1, 0.15) is 11.8 Å². The lowest BCUT2D eigenvalue weighted by Gasteiger charge is -2.51. The molecule has 2 aliphatic carbocycles. The van der Waals surface area contributed by atoms with Crippen LogP contribution in [0.1, 0.15) is 64.6 Å². The number of nitrogens with two attached hydrogens (primary N) is 2. The monoisotopic (exact) mass is 509 g/mol. The van der Waals surface area contributed by atoms with Crippen LogP contribution >= 0.6 is 0 Å². The van der Waals surface area contributed by atoms with Crippen LogP contribution in [0.2, 0.25) is 0 Å². The molecule has 1 aromatic heterocycles. The second-order valence-corrected chi connectivity index (χ2v) is 12.1. The third-order valence-corrected chi connectivity index (χ3v) is 9.49. The Bertz CT molecular complexity index is 1180. The molecule has 0 saturated heterocycles. The summed E-state index contributed by atoms with van der Waals surface area (Å²) >= 11 is 0. The average Bonchev–Trinajstić information content (AvgIpc) is 3.56. The number of ether oxygens (including phenoxy) is 2. The SMILES string of the molecule is COC(=O)C(CC(C)(C)C12CCC(C1)C(C)(C)C2N)N/C=C(\N)c1ccc(-n2cnc(C)c2)c(OC)c1. The first-order chi connectivity index (χ1) is 17.4. The van der Waals surface area contributed by atoms with Crippen molar-refractivity contribution in [3.8, 4) is 11.4 Å². The van der Waals surface area contributed by atoms with E-state index >= 15 is 0 Å². The van der Waals surface area contributed by atoms with E-state index in [4.69, 9.17) is 20.9 Å². The Morgan fingerprint density at radius 1 is 1.35 bits per heavy atom. The van der Waals surface area contributed by atoms with Crippen molar-refractivity contribution in [2.75, 3.05) is 14.2 Å². The van der Waals surface area contributed by atoms with E-state index in [1.807, 2.05) is 35.9 Å². The summed E-state index contributed by atoms with van der Waals surface area (Å²) < 4.78 is 12.7. The number of rotatable bonds is 9. The number of aryl methyl sites for hydroxylation is 1. The van der Waals surface area contributed by atoms with Crippen LogP contribution < -0.4 is 21.5 Å². The number of carbonyl (C=O) groups excluding carboxylic acids is 1. The number of fused-ring (bicyclic) bond motifs is 2. The molecule has 0 amide bonds. The minimum absolute atomic E-state index is 0.000744. The van der Waals surface area contributed by atoms with E-state index in [9.17, 15) is 4.79 Å². The predicted octanol–water partition coefficient (Wildman–Crippen LogP) is 4.15. The van der Waals surface area contributed by atoms with E-state index in [0.717, 1.165) is 29.8 Å². The van der Waals surface area contributed by atoms with Crippen LogP contribution in [0.15, 0.2) is 36.9 Å². The number of aromatic nitrogens is 2. The van der Waals surface area contributed by atoms with Crippen molar-refractivity contribution in [2.24, 2.45) is 33.6 Å². The number of benzene rings is 1. The van der Waals surface area contributed by atoms with Gasteiger partial charge in [-0.25, -0.2) is 9.78 Å². The summed E-state index contributed by atoms with van der Waals surface area (Å²) in [6.07, 6.45) is 9.39. The second kappa shape index (κ2) is 9.71. The molecule has 5 N–H and O–H groups in total. The van der Waals surface area contributed by atoms with E-state index in [2.05, 4.69) is 38.0 Å². The van der Waals surface area contributed by atoms with Crippen LogP contribution in [0.4, 0.5) is 0 Å². The number of nitrogens with one attached hydrogen (secondary N) is 1. The van der Waals surface area contributed by atoms with Crippen LogP contribution in [0.5, 0.6) is 5.75 Å². The molecular weight excluding hydrogens is 466 g/mol. The molecule has 202 valence electrons. The molecule has 4 rings (SSSR count). The maximum Gasteiger partial charge on any atom is 0.328 e. The number of methoxy groups -OCH3 is 2. The maximum atomic E-state index is 12.9. The predicted molar refractivity (Wildman–Crippen MR) is 146 cm³/mol. The topological polar surface area (TPSA) is 117 Å². The van der Waals surface area contributed by atoms with E-state index in [0.29, 0.717) is 23.8 Å². The molecule has 0 aliphatic heterocycles. The standard InChI is InChI=1S/C29H43N5O3/c1-18-16-34(17-33-18)23-9-8-19(12-24(23)36-6)21(30)15-32-22(25(35)37-7)14-27(2,3)29-11-10-20(13-29)28(4,5)26(29)31/h8-9,12,15-17,20,22,26,32H,10-11,13-14,30-31H2,1-7H3/b21-15-. The molecule has 0 radical (unpaired) electrons. The van der Waals surface area contributed by atoms with Crippen LogP contribution in [0, 0.1) is 29.1 Å². The van der Waals surface area contributed by atoms with Gasteiger partial charge in [-0.05, 0) is 66.9 Å². The quantitative estimate of drug-likeness (QED) is 0.435. The number of esters is 1. The number of imidazole rings is 1. The highest BCUT2D eigenvalue weighted by Crippen LogP contribution is 2.68. The van der Waals surface area contributed by atoms with Crippen molar-refractivity contribution in [3.05, 3.63) is 48.2 Å². The minimum Gasteiger partial charge on any atom is -0.495 e. The molecule has 1 heterocycles. The lowest BCUT2D eigenvalue weighted by atomic mass is 9.56. The summed E-state index contributed by atoms with van der Waals surface area (Å²) in [6, 6.07) is 5.30. The van der Waals surface area contributed by atoms with Crippen molar-refractivity contribution >= 4 is 11.7 Å². The molecule has 2 aromatic rings. The Labute approximate surface area is 220 Å². The molecule has 1 aromatic carbocycles. The Kier molecular flexibility index (Phi) is 7.10. The normalized spacial score (nSPS) is 25.7. The largest absolute Gasteiger partial charge is 0.495 e. The molecular formula is C29H43N5O3. The van der Waals surface area contributed by atoms with Gasteiger partial charge in [-0.1, -0.05) is 33.8 Å². The Hall–Kier alpha value is -3.00. The van der Waals surface area contributed by atoms with Gasteiger partial charge in [0, 0.05) is 24.0 Å². The average molecular weight is 510 g/mol. The van der Waals surface area contributed by atoms with Gasteiger partial charge in [0.05, 0.1) is 37.6 Å². The van der Waals surface area contributed by atoms with Gasteiger partial charge in [0.15, 0.2) is 0 Å². The molecule has 2 bridgehead atoms.